The van der Waals surface area contributed by atoms with Gasteiger partial charge in [0, 0.05) is 17.1 Å². The molecule has 1 aliphatic heterocycles. The quantitative estimate of drug-likeness (QED) is 0.626. The molecule has 2 heterocycles. The van der Waals surface area contributed by atoms with Gasteiger partial charge >= 0.3 is 5.76 Å². The summed E-state index contributed by atoms with van der Waals surface area (Å²) in [6.45, 7) is 0. The summed E-state index contributed by atoms with van der Waals surface area (Å²) in [5.41, 5.74) is -0.0894. The number of nitrogens with one attached hydrogen (secondary N) is 1. The molecule has 0 radical (unpaired) electrons. The van der Waals surface area contributed by atoms with Gasteiger partial charge in [-0.2, -0.15) is 0 Å². The van der Waals surface area contributed by atoms with Gasteiger partial charge in [0.05, 0.1) is 5.52 Å². The summed E-state index contributed by atoms with van der Waals surface area (Å²) in [6, 6.07) is 3.08. The average molecular weight is 345 g/mol. The van der Waals surface area contributed by atoms with Crippen molar-refractivity contribution in [2.24, 2.45) is 0 Å². The molecule has 2 aromatic rings. The van der Waals surface area contributed by atoms with Crippen LogP contribution in [0.4, 0.5) is 0 Å². The van der Waals surface area contributed by atoms with E-state index in [-0.39, 0.29) is 28.8 Å². The van der Waals surface area contributed by atoms with E-state index in [9.17, 15) is 22.8 Å². The molecule has 3 rings (SSSR count). The number of halogens is 1. The Balaban J connectivity index is 2.24. The van der Waals surface area contributed by atoms with Gasteiger partial charge in [-0.05, 0) is 18.6 Å². The second-order valence-electron chi connectivity index (χ2n) is 4.75. The van der Waals surface area contributed by atoms with Gasteiger partial charge in [-0.3, -0.25) is 19.5 Å². The first-order chi connectivity index (χ1) is 10.3. The first-order valence-corrected chi connectivity index (χ1v) is 8.52. The maximum Gasteiger partial charge on any atom is 0.420 e. The van der Waals surface area contributed by atoms with Crippen LogP contribution in [0.3, 0.4) is 0 Å². The van der Waals surface area contributed by atoms with E-state index in [1.807, 2.05) is 0 Å². The van der Waals surface area contributed by atoms with Crippen molar-refractivity contribution < 1.29 is 22.4 Å². The molecule has 22 heavy (non-hydrogen) atoms. The van der Waals surface area contributed by atoms with Crippen LogP contribution in [0.15, 0.2) is 32.3 Å². The van der Waals surface area contributed by atoms with Crippen LogP contribution in [-0.4, -0.2) is 24.8 Å². The molecule has 10 heteroatoms. The molecule has 0 aliphatic carbocycles. The molecule has 0 spiro atoms. The van der Waals surface area contributed by atoms with Gasteiger partial charge in [-0.25, -0.2) is 13.2 Å². The SMILES string of the molecule is O=C1CCC(n2c(=O)oc3c(S(=O)(=O)Cl)cccc32)C(=O)N1. The number of imide groups is 1. The lowest BCUT2D eigenvalue weighted by atomic mass is 10.1. The summed E-state index contributed by atoms with van der Waals surface area (Å²) in [5, 5.41) is 2.13. The number of carbonyl (C=O) groups excluding carboxylic acids is 2. The van der Waals surface area contributed by atoms with Crippen LogP contribution in [0, 0.1) is 0 Å². The number of carbonyl (C=O) groups is 2. The van der Waals surface area contributed by atoms with Crippen molar-refractivity contribution in [3.05, 3.63) is 28.7 Å². The molecule has 0 bridgehead atoms. The Bertz CT molecular complexity index is 958. The van der Waals surface area contributed by atoms with Crippen molar-refractivity contribution in [3.8, 4) is 0 Å². The van der Waals surface area contributed by atoms with E-state index in [1.165, 1.54) is 18.2 Å². The van der Waals surface area contributed by atoms with Crippen molar-refractivity contribution in [2.45, 2.75) is 23.8 Å². The fourth-order valence-electron chi connectivity index (χ4n) is 2.45. The monoisotopic (exact) mass is 344 g/mol. The Morgan fingerprint density at radius 3 is 2.64 bits per heavy atom. The van der Waals surface area contributed by atoms with E-state index in [1.54, 1.807) is 0 Å². The molecule has 1 fully saturated rings. The summed E-state index contributed by atoms with van der Waals surface area (Å²) in [5.74, 6) is -1.96. The number of rotatable bonds is 2. The maximum atomic E-state index is 12.0. The second-order valence-corrected chi connectivity index (χ2v) is 7.28. The smallest absolute Gasteiger partial charge is 0.406 e. The molecule has 1 aliphatic rings. The molecule has 1 unspecified atom stereocenters. The van der Waals surface area contributed by atoms with Crippen molar-refractivity contribution in [2.75, 3.05) is 0 Å². The van der Waals surface area contributed by atoms with E-state index >= 15 is 0 Å². The predicted octanol–water partition coefficient (Wildman–Crippen LogP) is 0.500. The van der Waals surface area contributed by atoms with Crippen LogP contribution >= 0.6 is 10.7 Å². The van der Waals surface area contributed by atoms with Crippen LogP contribution in [-0.2, 0) is 18.6 Å². The lowest BCUT2D eigenvalue weighted by molar-refractivity contribution is -0.135. The number of para-hydroxylation sites is 1. The largest absolute Gasteiger partial charge is 0.420 e. The molecule has 1 atom stereocenters. The number of benzene rings is 1. The van der Waals surface area contributed by atoms with Crippen molar-refractivity contribution in [3.63, 3.8) is 0 Å². The molecule has 1 aromatic heterocycles. The van der Waals surface area contributed by atoms with Crippen LogP contribution in [0.5, 0.6) is 0 Å². The fraction of sp³-hybridized carbons (Fsp3) is 0.250. The topological polar surface area (TPSA) is 115 Å². The summed E-state index contributed by atoms with van der Waals surface area (Å²) in [7, 11) is 1.20. The summed E-state index contributed by atoms with van der Waals surface area (Å²) in [4.78, 5) is 34.8. The number of hydrogen-bond donors (Lipinski definition) is 1. The molecule has 2 amide bonds. The lowest BCUT2D eigenvalue weighted by Crippen LogP contribution is -2.43. The summed E-state index contributed by atoms with van der Waals surface area (Å²) >= 11 is 0. The van der Waals surface area contributed by atoms with Gasteiger partial charge in [0.1, 0.15) is 10.9 Å². The second kappa shape index (κ2) is 4.96. The molecule has 1 saturated heterocycles. The molecule has 1 aromatic carbocycles. The average Bonchev–Trinajstić information content (AvgIpc) is 2.74. The van der Waals surface area contributed by atoms with Crippen molar-refractivity contribution in [1.29, 1.82) is 0 Å². The molecular formula is C12H9ClN2O6S. The van der Waals surface area contributed by atoms with Crippen LogP contribution in [0.1, 0.15) is 18.9 Å². The van der Waals surface area contributed by atoms with E-state index in [2.05, 4.69) is 5.32 Å². The highest BCUT2D eigenvalue weighted by molar-refractivity contribution is 8.13. The van der Waals surface area contributed by atoms with Crippen LogP contribution < -0.4 is 11.1 Å². The van der Waals surface area contributed by atoms with Crippen molar-refractivity contribution >= 4 is 42.6 Å². The highest BCUT2D eigenvalue weighted by Gasteiger charge is 2.32. The molecule has 1 N–H and O–H groups in total. The van der Waals surface area contributed by atoms with Gasteiger partial charge in [0.15, 0.2) is 5.58 Å². The summed E-state index contributed by atoms with van der Waals surface area (Å²) < 4.78 is 29.0. The third kappa shape index (κ3) is 2.32. The maximum absolute atomic E-state index is 12.0. The van der Waals surface area contributed by atoms with Gasteiger partial charge < -0.3 is 4.42 Å². The molecule has 116 valence electrons. The molecule has 0 saturated carbocycles. The fourth-order valence-corrected chi connectivity index (χ4v) is 3.42. The van der Waals surface area contributed by atoms with E-state index in [0.29, 0.717) is 0 Å². The minimum Gasteiger partial charge on any atom is -0.406 e. The van der Waals surface area contributed by atoms with Gasteiger partial charge in [0.2, 0.25) is 11.8 Å². The zero-order chi connectivity index (χ0) is 16.1. The van der Waals surface area contributed by atoms with Gasteiger partial charge in [-0.15, -0.1) is 0 Å². The standard InChI is InChI=1S/C12H9ClN2O6S/c13-22(19,20)8-3-1-2-6-10(8)21-12(18)15(6)7-4-5-9(16)14-11(7)17/h1-3,7H,4-5H2,(H,14,16,17). The Labute approximate surface area is 128 Å². The number of piperidine rings is 1. The van der Waals surface area contributed by atoms with E-state index in [4.69, 9.17) is 15.1 Å². The highest BCUT2D eigenvalue weighted by Crippen LogP contribution is 2.28. The zero-order valence-electron chi connectivity index (χ0n) is 10.9. The van der Waals surface area contributed by atoms with E-state index < -0.39 is 32.7 Å². The number of nitrogens with zero attached hydrogens (tertiary/aromatic N) is 1. The third-order valence-electron chi connectivity index (χ3n) is 3.39. The first-order valence-electron chi connectivity index (χ1n) is 6.21. The Morgan fingerprint density at radius 2 is 2.00 bits per heavy atom. The minimum absolute atomic E-state index is 0.0724. The number of aromatic nitrogens is 1. The number of amides is 2. The highest BCUT2D eigenvalue weighted by atomic mass is 35.7. The minimum atomic E-state index is -4.11. The number of fused-ring (bicyclic) bond motifs is 1. The van der Waals surface area contributed by atoms with Crippen LogP contribution in [0.25, 0.3) is 11.1 Å². The predicted molar refractivity (Wildman–Crippen MR) is 74.9 cm³/mol. The van der Waals surface area contributed by atoms with Gasteiger partial charge in [-0.1, -0.05) is 6.07 Å². The number of oxazole rings is 1. The first kappa shape index (κ1) is 14.8. The van der Waals surface area contributed by atoms with E-state index in [0.717, 1.165) is 4.57 Å². The Kier molecular flexibility index (Phi) is 3.33. The zero-order valence-corrected chi connectivity index (χ0v) is 12.5. The summed E-state index contributed by atoms with van der Waals surface area (Å²) in [6.07, 6.45) is 0.195. The lowest BCUT2D eigenvalue weighted by Gasteiger charge is -2.21. The Morgan fingerprint density at radius 1 is 1.27 bits per heavy atom. The van der Waals surface area contributed by atoms with Crippen LogP contribution in [0.2, 0.25) is 0 Å². The van der Waals surface area contributed by atoms with Gasteiger partial charge in [0.25, 0.3) is 9.05 Å². The molecular weight excluding hydrogens is 336 g/mol. The molecule has 8 nitrogen and oxygen atoms in total. The van der Waals surface area contributed by atoms with Crippen molar-refractivity contribution in [1.82, 2.24) is 9.88 Å². The normalized spacial score (nSPS) is 19.4. The Hall–Kier alpha value is -2.13. The third-order valence-corrected chi connectivity index (χ3v) is 4.73. The number of hydrogen-bond acceptors (Lipinski definition) is 6.